The predicted molar refractivity (Wildman–Crippen MR) is 58.0 cm³/mol. The molecule has 0 aromatic heterocycles. The fourth-order valence-corrected chi connectivity index (χ4v) is 1.92. The van der Waals surface area contributed by atoms with Crippen molar-refractivity contribution in [2.45, 2.75) is 12.8 Å². The SMILES string of the molecule is O=C(CC1CCNC1)c1ccc(O)cc1. The Morgan fingerprint density at radius 2 is 2.13 bits per heavy atom. The van der Waals surface area contributed by atoms with Crippen LogP contribution in [0.2, 0.25) is 0 Å². The van der Waals surface area contributed by atoms with Gasteiger partial charge in [0, 0.05) is 12.0 Å². The van der Waals surface area contributed by atoms with Crippen LogP contribution < -0.4 is 5.32 Å². The van der Waals surface area contributed by atoms with E-state index < -0.39 is 0 Å². The number of carbonyl (C=O) groups is 1. The summed E-state index contributed by atoms with van der Waals surface area (Å²) >= 11 is 0. The highest BCUT2D eigenvalue weighted by Crippen LogP contribution is 2.17. The van der Waals surface area contributed by atoms with Gasteiger partial charge < -0.3 is 10.4 Å². The van der Waals surface area contributed by atoms with E-state index in [1.807, 2.05) is 0 Å². The predicted octanol–water partition coefficient (Wildman–Crippen LogP) is 1.57. The van der Waals surface area contributed by atoms with Gasteiger partial charge in [0.05, 0.1) is 0 Å². The van der Waals surface area contributed by atoms with E-state index in [2.05, 4.69) is 5.32 Å². The quantitative estimate of drug-likeness (QED) is 0.736. The third-order valence-electron chi connectivity index (χ3n) is 2.83. The molecular weight excluding hydrogens is 190 g/mol. The topological polar surface area (TPSA) is 49.3 Å². The maximum absolute atomic E-state index is 11.8. The molecule has 1 aliphatic heterocycles. The minimum absolute atomic E-state index is 0.170. The lowest BCUT2D eigenvalue weighted by Gasteiger charge is -2.06. The summed E-state index contributed by atoms with van der Waals surface area (Å²) in [5.41, 5.74) is 0.694. The number of phenols is 1. The van der Waals surface area contributed by atoms with E-state index in [0.717, 1.165) is 19.5 Å². The van der Waals surface area contributed by atoms with Gasteiger partial charge in [0.15, 0.2) is 5.78 Å². The molecule has 0 spiro atoms. The molecule has 3 heteroatoms. The summed E-state index contributed by atoms with van der Waals surface area (Å²) < 4.78 is 0. The number of carbonyl (C=O) groups excluding carboxylic acids is 1. The van der Waals surface area contributed by atoms with Crippen LogP contribution in [0, 0.1) is 5.92 Å². The molecule has 0 amide bonds. The largest absolute Gasteiger partial charge is 0.508 e. The second-order valence-corrected chi connectivity index (χ2v) is 4.03. The molecule has 1 aromatic rings. The second-order valence-electron chi connectivity index (χ2n) is 4.03. The van der Waals surface area contributed by atoms with Crippen LogP contribution in [0.15, 0.2) is 24.3 Å². The van der Waals surface area contributed by atoms with Gasteiger partial charge in [-0.15, -0.1) is 0 Å². The number of Topliss-reactive ketones (excluding diaryl/α,β-unsaturated/α-hetero) is 1. The summed E-state index contributed by atoms with van der Waals surface area (Å²) in [6.07, 6.45) is 1.70. The Morgan fingerprint density at radius 3 is 2.73 bits per heavy atom. The monoisotopic (exact) mass is 205 g/mol. The Balaban J connectivity index is 1.98. The molecule has 15 heavy (non-hydrogen) atoms. The minimum Gasteiger partial charge on any atom is -0.508 e. The fraction of sp³-hybridized carbons (Fsp3) is 0.417. The number of phenolic OH excluding ortho intramolecular Hbond substituents is 1. The summed E-state index contributed by atoms with van der Waals surface area (Å²) in [4.78, 5) is 11.8. The van der Waals surface area contributed by atoms with Crippen LogP contribution in [0.4, 0.5) is 0 Å². The Labute approximate surface area is 89.1 Å². The molecular formula is C12H15NO2. The van der Waals surface area contributed by atoms with Crippen LogP contribution in [0.5, 0.6) is 5.75 Å². The van der Waals surface area contributed by atoms with Gasteiger partial charge in [0.2, 0.25) is 0 Å². The highest BCUT2D eigenvalue weighted by molar-refractivity contribution is 5.96. The molecule has 1 atom stereocenters. The zero-order valence-electron chi connectivity index (χ0n) is 8.57. The molecule has 1 saturated heterocycles. The number of ketones is 1. The molecule has 0 radical (unpaired) electrons. The van der Waals surface area contributed by atoms with Crippen molar-refractivity contribution in [3.05, 3.63) is 29.8 Å². The molecule has 0 saturated carbocycles. The molecule has 2 rings (SSSR count). The van der Waals surface area contributed by atoms with Crippen LogP contribution >= 0.6 is 0 Å². The summed E-state index contributed by atoms with van der Waals surface area (Å²) in [5, 5.41) is 12.3. The lowest BCUT2D eigenvalue weighted by atomic mass is 9.98. The highest BCUT2D eigenvalue weighted by atomic mass is 16.3. The molecule has 0 aliphatic carbocycles. The van der Waals surface area contributed by atoms with Gasteiger partial charge in [-0.2, -0.15) is 0 Å². The smallest absolute Gasteiger partial charge is 0.163 e. The van der Waals surface area contributed by atoms with E-state index in [0.29, 0.717) is 17.9 Å². The van der Waals surface area contributed by atoms with Gasteiger partial charge >= 0.3 is 0 Å². The van der Waals surface area contributed by atoms with Crippen molar-refractivity contribution < 1.29 is 9.90 Å². The average Bonchev–Trinajstić information content (AvgIpc) is 2.71. The van der Waals surface area contributed by atoms with Crippen LogP contribution in [0.25, 0.3) is 0 Å². The van der Waals surface area contributed by atoms with Crippen molar-refractivity contribution in [3.8, 4) is 5.75 Å². The number of benzene rings is 1. The summed E-state index contributed by atoms with van der Waals surface area (Å²) in [5.74, 6) is 0.851. The average molecular weight is 205 g/mol. The van der Waals surface area contributed by atoms with Crippen LogP contribution in [0.1, 0.15) is 23.2 Å². The molecule has 1 unspecified atom stereocenters. The van der Waals surface area contributed by atoms with E-state index in [1.165, 1.54) is 0 Å². The summed E-state index contributed by atoms with van der Waals surface area (Å²) in [6.45, 7) is 1.97. The van der Waals surface area contributed by atoms with Crippen molar-refractivity contribution in [2.24, 2.45) is 5.92 Å². The first-order chi connectivity index (χ1) is 7.25. The molecule has 1 aromatic carbocycles. The number of hydrogen-bond donors (Lipinski definition) is 2. The van der Waals surface area contributed by atoms with E-state index in [-0.39, 0.29) is 11.5 Å². The van der Waals surface area contributed by atoms with Crippen molar-refractivity contribution in [1.29, 1.82) is 0 Å². The third kappa shape index (κ3) is 2.57. The maximum Gasteiger partial charge on any atom is 0.163 e. The van der Waals surface area contributed by atoms with Gasteiger partial charge in [-0.3, -0.25) is 4.79 Å². The van der Waals surface area contributed by atoms with Gasteiger partial charge in [-0.1, -0.05) is 0 Å². The molecule has 80 valence electrons. The zero-order chi connectivity index (χ0) is 10.7. The van der Waals surface area contributed by atoms with E-state index in [4.69, 9.17) is 5.11 Å². The number of rotatable bonds is 3. The Hall–Kier alpha value is -1.35. The lowest BCUT2D eigenvalue weighted by Crippen LogP contribution is -2.12. The molecule has 0 bridgehead atoms. The lowest BCUT2D eigenvalue weighted by molar-refractivity contribution is 0.0964. The Bertz CT molecular complexity index is 339. The second kappa shape index (κ2) is 4.45. The molecule has 3 nitrogen and oxygen atoms in total. The number of aromatic hydroxyl groups is 1. The molecule has 1 aliphatic rings. The van der Waals surface area contributed by atoms with Gasteiger partial charge in [-0.25, -0.2) is 0 Å². The van der Waals surface area contributed by atoms with Gasteiger partial charge in [-0.05, 0) is 49.7 Å². The first-order valence-electron chi connectivity index (χ1n) is 5.28. The Kier molecular flexibility index (Phi) is 3.02. The first-order valence-corrected chi connectivity index (χ1v) is 5.28. The van der Waals surface area contributed by atoms with Crippen molar-refractivity contribution >= 4 is 5.78 Å². The standard InChI is InChI=1S/C12H15NO2/c14-11-3-1-10(2-4-11)12(15)7-9-5-6-13-8-9/h1-4,9,13-14H,5-8H2. The Morgan fingerprint density at radius 1 is 1.40 bits per heavy atom. The molecule has 1 heterocycles. The van der Waals surface area contributed by atoms with Crippen LogP contribution in [0.3, 0.4) is 0 Å². The van der Waals surface area contributed by atoms with Gasteiger partial charge in [0.1, 0.15) is 5.75 Å². The van der Waals surface area contributed by atoms with Crippen molar-refractivity contribution in [1.82, 2.24) is 5.32 Å². The van der Waals surface area contributed by atoms with Crippen molar-refractivity contribution in [2.75, 3.05) is 13.1 Å². The zero-order valence-corrected chi connectivity index (χ0v) is 8.57. The summed E-state index contributed by atoms with van der Waals surface area (Å²) in [7, 11) is 0. The fourth-order valence-electron chi connectivity index (χ4n) is 1.92. The minimum atomic E-state index is 0.170. The van der Waals surface area contributed by atoms with Crippen molar-refractivity contribution in [3.63, 3.8) is 0 Å². The summed E-state index contributed by atoms with van der Waals surface area (Å²) in [6, 6.07) is 6.47. The normalized spacial score (nSPS) is 20.4. The van der Waals surface area contributed by atoms with E-state index in [1.54, 1.807) is 24.3 Å². The highest BCUT2D eigenvalue weighted by Gasteiger charge is 2.18. The van der Waals surface area contributed by atoms with Gasteiger partial charge in [0.25, 0.3) is 0 Å². The number of nitrogens with one attached hydrogen (secondary N) is 1. The van der Waals surface area contributed by atoms with E-state index >= 15 is 0 Å². The first kappa shape index (κ1) is 10.2. The van der Waals surface area contributed by atoms with Crippen LogP contribution in [-0.4, -0.2) is 24.0 Å². The van der Waals surface area contributed by atoms with Crippen LogP contribution in [-0.2, 0) is 0 Å². The molecule has 2 N–H and O–H groups in total. The number of hydrogen-bond acceptors (Lipinski definition) is 3. The van der Waals surface area contributed by atoms with E-state index in [9.17, 15) is 4.79 Å². The third-order valence-corrected chi connectivity index (χ3v) is 2.83. The maximum atomic E-state index is 11.8. The molecule has 1 fully saturated rings.